The second-order valence-electron chi connectivity index (χ2n) is 7.39. The zero-order valence-electron chi connectivity index (χ0n) is 13.8. The second-order valence-corrected chi connectivity index (χ2v) is 8.53. The number of amides is 1. The van der Waals surface area contributed by atoms with Gasteiger partial charge in [-0.25, -0.2) is 4.79 Å². The summed E-state index contributed by atoms with van der Waals surface area (Å²) < 4.78 is 5.28. The van der Waals surface area contributed by atoms with Crippen LogP contribution in [0, 0.1) is 0 Å². The molecule has 0 heterocycles. The number of nitrogens with one attached hydrogen (secondary N) is 2. The Hall–Kier alpha value is -0.420. The lowest BCUT2D eigenvalue weighted by atomic mass is 9.84. The summed E-state index contributed by atoms with van der Waals surface area (Å²) in [6.45, 7) is 5.67. The van der Waals surface area contributed by atoms with E-state index in [2.05, 4.69) is 16.9 Å². The van der Waals surface area contributed by atoms with Gasteiger partial charge in [-0.1, -0.05) is 0 Å². The minimum Gasteiger partial charge on any atom is -0.444 e. The van der Waals surface area contributed by atoms with Crippen LogP contribution in [0.25, 0.3) is 0 Å². The molecule has 1 amide bonds. The smallest absolute Gasteiger partial charge is 0.407 e. The van der Waals surface area contributed by atoms with Crippen LogP contribution in [0.15, 0.2) is 0 Å². The first kappa shape index (κ1) is 16.9. The van der Waals surface area contributed by atoms with Gasteiger partial charge < -0.3 is 15.4 Å². The number of carbonyl (C=O) groups excluding carboxylic acids is 1. The summed E-state index contributed by atoms with van der Waals surface area (Å²) in [6, 6.07) is 1.53. The lowest BCUT2D eigenvalue weighted by Crippen LogP contribution is -2.55. The SMILES string of the molecule is CSC1CCC(NC2CC(NC(=O)OC(C)(C)C)C2)CC1. The first-order valence-corrected chi connectivity index (χ1v) is 9.43. The molecule has 122 valence electrons. The maximum atomic E-state index is 11.7. The van der Waals surface area contributed by atoms with Crippen LogP contribution in [-0.2, 0) is 4.74 Å². The van der Waals surface area contributed by atoms with E-state index < -0.39 is 5.60 Å². The van der Waals surface area contributed by atoms with Crippen molar-refractivity contribution in [1.82, 2.24) is 10.6 Å². The summed E-state index contributed by atoms with van der Waals surface area (Å²) in [5.41, 5.74) is -0.415. The molecule has 2 aliphatic rings. The number of carbonyl (C=O) groups is 1. The molecule has 0 spiro atoms. The first-order chi connectivity index (χ1) is 9.85. The molecule has 0 saturated heterocycles. The Bertz CT molecular complexity index is 343. The second kappa shape index (κ2) is 7.23. The molecule has 21 heavy (non-hydrogen) atoms. The molecule has 0 aliphatic heterocycles. The maximum Gasteiger partial charge on any atom is 0.407 e. The van der Waals surface area contributed by atoms with Crippen LogP contribution >= 0.6 is 11.8 Å². The standard InChI is InChI=1S/C16H30N2O2S/c1-16(2,3)20-15(19)18-13-9-12(10-13)17-11-5-7-14(21-4)8-6-11/h11-14,17H,5-10H2,1-4H3,(H,18,19). The molecular formula is C16H30N2O2S. The van der Waals surface area contributed by atoms with E-state index in [-0.39, 0.29) is 12.1 Å². The fourth-order valence-electron chi connectivity index (χ4n) is 3.14. The van der Waals surface area contributed by atoms with Crippen molar-refractivity contribution in [2.75, 3.05) is 6.26 Å². The van der Waals surface area contributed by atoms with Gasteiger partial charge >= 0.3 is 6.09 Å². The maximum absolute atomic E-state index is 11.7. The van der Waals surface area contributed by atoms with Gasteiger partial charge in [0.05, 0.1) is 0 Å². The van der Waals surface area contributed by atoms with Crippen molar-refractivity contribution in [3.63, 3.8) is 0 Å². The molecule has 2 N–H and O–H groups in total. The highest BCUT2D eigenvalue weighted by Crippen LogP contribution is 2.29. The van der Waals surface area contributed by atoms with E-state index in [9.17, 15) is 4.79 Å². The summed E-state index contributed by atoms with van der Waals surface area (Å²) in [7, 11) is 0. The van der Waals surface area contributed by atoms with Crippen LogP contribution in [-0.4, -0.2) is 41.3 Å². The van der Waals surface area contributed by atoms with Crippen LogP contribution < -0.4 is 10.6 Å². The van der Waals surface area contributed by atoms with Crippen molar-refractivity contribution in [3.8, 4) is 0 Å². The van der Waals surface area contributed by atoms with Crippen molar-refractivity contribution in [2.24, 2.45) is 0 Å². The van der Waals surface area contributed by atoms with Gasteiger partial charge in [-0.3, -0.25) is 0 Å². The molecule has 0 unspecified atom stereocenters. The van der Waals surface area contributed by atoms with Crippen LogP contribution in [0.5, 0.6) is 0 Å². The van der Waals surface area contributed by atoms with Gasteiger partial charge in [-0.2, -0.15) is 11.8 Å². The Balaban J connectivity index is 1.58. The molecular weight excluding hydrogens is 284 g/mol. The normalized spacial score (nSPS) is 33.1. The molecule has 0 aromatic heterocycles. The van der Waals surface area contributed by atoms with Gasteiger partial charge in [0.25, 0.3) is 0 Å². The number of thioether (sulfide) groups is 1. The Morgan fingerprint density at radius 1 is 1.05 bits per heavy atom. The number of rotatable bonds is 4. The fraction of sp³-hybridized carbons (Fsp3) is 0.938. The average Bonchev–Trinajstić information content (AvgIpc) is 2.35. The van der Waals surface area contributed by atoms with E-state index in [1.54, 1.807) is 0 Å². The predicted molar refractivity (Wildman–Crippen MR) is 88.9 cm³/mol. The van der Waals surface area contributed by atoms with Crippen molar-refractivity contribution >= 4 is 17.9 Å². The molecule has 0 aromatic carbocycles. The van der Waals surface area contributed by atoms with E-state index in [1.807, 2.05) is 32.5 Å². The zero-order chi connectivity index (χ0) is 15.5. The van der Waals surface area contributed by atoms with Crippen molar-refractivity contribution < 1.29 is 9.53 Å². The lowest BCUT2D eigenvalue weighted by molar-refractivity contribution is 0.0461. The average molecular weight is 314 g/mol. The van der Waals surface area contributed by atoms with Crippen molar-refractivity contribution in [3.05, 3.63) is 0 Å². The summed E-state index contributed by atoms with van der Waals surface area (Å²) in [4.78, 5) is 11.7. The summed E-state index contributed by atoms with van der Waals surface area (Å²) in [6.07, 6.45) is 9.27. The fourth-order valence-corrected chi connectivity index (χ4v) is 3.89. The predicted octanol–water partition coefficient (Wildman–Crippen LogP) is 3.31. The molecule has 0 radical (unpaired) electrons. The largest absolute Gasteiger partial charge is 0.444 e. The summed E-state index contributed by atoms with van der Waals surface area (Å²) in [5.74, 6) is 0. The number of alkyl carbamates (subject to hydrolysis) is 1. The van der Waals surface area contributed by atoms with E-state index in [0.29, 0.717) is 12.1 Å². The molecule has 2 fully saturated rings. The molecule has 2 saturated carbocycles. The minimum atomic E-state index is -0.415. The van der Waals surface area contributed by atoms with Gasteiger partial charge in [0.2, 0.25) is 0 Å². The zero-order valence-corrected chi connectivity index (χ0v) is 14.6. The Morgan fingerprint density at radius 3 is 2.19 bits per heavy atom. The van der Waals surface area contributed by atoms with E-state index in [4.69, 9.17) is 4.74 Å². The highest BCUT2D eigenvalue weighted by atomic mass is 32.2. The van der Waals surface area contributed by atoms with E-state index in [1.165, 1.54) is 25.7 Å². The molecule has 0 atom stereocenters. The van der Waals surface area contributed by atoms with Crippen LogP contribution in [0.2, 0.25) is 0 Å². The van der Waals surface area contributed by atoms with Crippen LogP contribution in [0.3, 0.4) is 0 Å². The quantitative estimate of drug-likeness (QED) is 0.836. The minimum absolute atomic E-state index is 0.278. The van der Waals surface area contributed by atoms with Gasteiger partial charge in [0.1, 0.15) is 5.60 Å². The summed E-state index contributed by atoms with van der Waals surface area (Å²) >= 11 is 2.01. The third-order valence-corrected chi connectivity index (χ3v) is 5.48. The highest BCUT2D eigenvalue weighted by molar-refractivity contribution is 7.99. The van der Waals surface area contributed by atoms with Crippen LogP contribution in [0.1, 0.15) is 59.3 Å². The van der Waals surface area contributed by atoms with Gasteiger partial charge in [0.15, 0.2) is 0 Å². The number of hydrogen-bond acceptors (Lipinski definition) is 4. The van der Waals surface area contributed by atoms with Crippen molar-refractivity contribution in [2.45, 2.75) is 88.3 Å². The van der Waals surface area contributed by atoms with Crippen LogP contribution in [0.4, 0.5) is 4.79 Å². The van der Waals surface area contributed by atoms with Crippen molar-refractivity contribution in [1.29, 1.82) is 0 Å². The Kier molecular flexibility index (Phi) is 5.83. The Labute approximate surface area is 133 Å². The lowest BCUT2D eigenvalue weighted by Gasteiger charge is -2.40. The van der Waals surface area contributed by atoms with Gasteiger partial charge in [-0.05, 0) is 65.6 Å². The first-order valence-electron chi connectivity index (χ1n) is 8.14. The molecule has 2 rings (SSSR count). The molecule has 0 bridgehead atoms. The Morgan fingerprint density at radius 2 is 1.67 bits per heavy atom. The molecule has 5 heteroatoms. The third kappa shape index (κ3) is 5.70. The highest BCUT2D eigenvalue weighted by Gasteiger charge is 2.33. The van der Waals surface area contributed by atoms with Gasteiger partial charge in [-0.15, -0.1) is 0 Å². The molecule has 2 aliphatic carbocycles. The number of hydrogen-bond donors (Lipinski definition) is 2. The number of ether oxygens (including phenoxy) is 1. The molecule has 4 nitrogen and oxygen atoms in total. The molecule has 0 aromatic rings. The topological polar surface area (TPSA) is 50.4 Å². The van der Waals surface area contributed by atoms with Gasteiger partial charge in [0, 0.05) is 23.4 Å². The van der Waals surface area contributed by atoms with E-state index >= 15 is 0 Å². The third-order valence-electron chi connectivity index (χ3n) is 4.34. The van der Waals surface area contributed by atoms with E-state index in [0.717, 1.165) is 18.1 Å². The summed E-state index contributed by atoms with van der Waals surface area (Å²) in [5, 5.41) is 7.57. The monoisotopic (exact) mass is 314 g/mol.